The van der Waals surface area contributed by atoms with Gasteiger partial charge in [0.2, 0.25) is 5.91 Å². The van der Waals surface area contributed by atoms with Crippen molar-refractivity contribution in [2.24, 2.45) is 0 Å². The molecule has 0 aromatic carbocycles. The third-order valence-corrected chi connectivity index (χ3v) is 11.9. The fraction of sp³-hybridized carbons (Fsp3) is 0.852. The topological polar surface area (TPSA) is 95.9 Å². The molecular formula is C54H101NO5. The number of esters is 1. The van der Waals surface area contributed by atoms with E-state index in [0.717, 1.165) is 51.4 Å². The average Bonchev–Trinajstić information content (AvgIpc) is 3.25. The van der Waals surface area contributed by atoms with Gasteiger partial charge in [-0.2, -0.15) is 0 Å². The second-order valence-corrected chi connectivity index (χ2v) is 17.9. The smallest absolute Gasteiger partial charge is 0.305 e. The van der Waals surface area contributed by atoms with Crippen LogP contribution in [0.15, 0.2) is 36.5 Å². The minimum absolute atomic E-state index is 0.0148. The van der Waals surface area contributed by atoms with Gasteiger partial charge in [-0.3, -0.25) is 9.59 Å². The summed E-state index contributed by atoms with van der Waals surface area (Å²) in [7, 11) is 0. The summed E-state index contributed by atoms with van der Waals surface area (Å²) in [6.45, 7) is 4.83. The average molecular weight is 844 g/mol. The summed E-state index contributed by atoms with van der Waals surface area (Å²) in [5.74, 6) is -0.164. The second kappa shape index (κ2) is 49.7. The van der Waals surface area contributed by atoms with Crippen LogP contribution in [-0.2, 0) is 14.3 Å². The molecular weight excluding hydrogens is 743 g/mol. The highest BCUT2D eigenvalue weighted by Crippen LogP contribution is 2.16. The van der Waals surface area contributed by atoms with Gasteiger partial charge in [-0.15, -0.1) is 0 Å². The van der Waals surface area contributed by atoms with E-state index in [1.807, 2.05) is 12.2 Å². The Kier molecular flexibility index (Phi) is 48.1. The van der Waals surface area contributed by atoms with Crippen LogP contribution >= 0.6 is 0 Å². The molecule has 6 nitrogen and oxygen atoms in total. The largest absolute Gasteiger partial charge is 0.466 e. The maximum atomic E-state index is 12.4. The van der Waals surface area contributed by atoms with Crippen LogP contribution in [0, 0.1) is 0 Å². The van der Waals surface area contributed by atoms with Gasteiger partial charge in [-0.05, 0) is 51.4 Å². The van der Waals surface area contributed by atoms with Crippen LogP contribution in [0.2, 0.25) is 0 Å². The Balaban J connectivity index is 3.53. The van der Waals surface area contributed by atoms with Crippen molar-refractivity contribution >= 4 is 11.9 Å². The van der Waals surface area contributed by atoms with Crippen LogP contribution in [0.4, 0.5) is 0 Å². The number of unbranched alkanes of at least 4 members (excludes halogenated alkanes) is 33. The summed E-state index contributed by atoms with van der Waals surface area (Å²) in [5, 5.41) is 22.9. The molecule has 0 aromatic heterocycles. The maximum absolute atomic E-state index is 12.4. The lowest BCUT2D eigenvalue weighted by Crippen LogP contribution is -2.45. The molecule has 2 atom stereocenters. The molecule has 0 aliphatic carbocycles. The van der Waals surface area contributed by atoms with E-state index in [0.29, 0.717) is 25.9 Å². The minimum Gasteiger partial charge on any atom is -0.466 e. The third kappa shape index (κ3) is 45.6. The number of ether oxygens (including phenoxy) is 1. The van der Waals surface area contributed by atoms with Crippen molar-refractivity contribution in [3.05, 3.63) is 36.5 Å². The Labute approximate surface area is 373 Å². The monoisotopic (exact) mass is 844 g/mol. The number of nitrogens with one attached hydrogen (secondary N) is 1. The predicted octanol–water partition coefficient (Wildman–Crippen LogP) is 15.7. The molecule has 0 aliphatic rings. The summed E-state index contributed by atoms with van der Waals surface area (Å²) in [6, 6.07) is -0.670. The highest BCUT2D eigenvalue weighted by Gasteiger charge is 2.17. The molecule has 0 spiro atoms. The fourth-order valence-corrected chi connectivity index (χ4v) is 7.86. The highest BCUT2D eigenvalue weighted by atomic mass is 16.5. The molecule has 0 aromatic rings. The van der Waals surface area contributed by atoms with Crippen LogP contribution in [0.5, 0.6) is 0 Å². The number of carbonyl (C=O) groups excluding carboxylic acids is 2. The number of carbonyl (C=O) groups is 2. The molecule has 2 unspecified atom stereocenters. The van der Waals surface area contributed by atoms with E-state index in [2.05, 4.69) is 37.4 Å². The number of rotatable bonds is 48. The van der Waals surface area contributed by atoms with Crippen molar-refractivity contribution in [1.29, 1.82) is 0 Å². The Hall–Kier alpha value is -1.92. The van der Waals surface area contributed by atoms with Gasteiger partial charge in [0.25, 0.3) is 0 Å². The van der Waals surface area contributed by atoms with Gasteiger partial charge in [-0.25, -0.2) is 0 Å². The zero-order chi connectivity index (χ0) is 43.7. The molecule has 1 amide bonds. The fourth-order valence-electron chi connectivity index (χ4n) is 7.86. The van der Waals surface area contributed by atoms with Gasteiger partial charge >= 0.3 is 5.97 Å². The van der Waals surface area contributed by atoms with Gasteiger partial charge in [0.1, 0.15) is 0 Å². The van der Waals surface area contributed by atoms with Crippen LogP contribution in [-0.4, -0.2) is 47.4 Å². The van der Waals surface area contributed by atoms with Crippen LogP contribution in [0.3, 0.4) is 0 Å². The first kappa shape index (κ1) is 58.1. The van der Waals surface area contributed by atoms with Crippen molar-refractivity contribution in [3.8, 4) is 0 Å². The predicted molar refractivity (Wildman–Crippen MR) is 259 cm³/mol. The maximum Gasteiger partial charge on any atom is 0.305 e. The Morgan fingerprint density at radius 2 is 0.850 bits per heavy atom. The molecule has 0 fully saturated rings. The van der Waals surface area contributed by atoms with E-state index in [1.54, 1.807) is 6.08 Å². The highest BCUT2D eigenvalue weighted by molar-refractivity contribution is 5.76. The number of hydrogen-bond acceptors (Lipinski definition) is 5. The van der Waals surface area contributed by atoms with Gasteiger partial charge in [-0.1, -0.05) is 243 Å². The first-order chi connectivity index (χ1) is 29.5. The Bertz CT molecular complexity index is 977. The summed E-state index contributed by atoms with van der Waals surface area (Å²) < 4.78 is 5.46. The van der Waals surface area contributed by atoms with Crippen LogP contribution in [0.1, 0.15) is 271 Å². The van der Waals surface area contributed by atoms with Gasteiger partial charge in [0, 0.05) is 12.8 Å². The molecule has 0 radical (unpaired) electrons. The lowest BCUT2D eigenvalue weighted by Gasteiger charge is -2.19. The van der Waals surface area contributed by atoms with Crippen molar-refractivity contribution in [2.75, 3.05) is 13.2 Å². The van der Waals surface area contributed by atoms with E-state index >= 15 is 0 Å². The normalized spacial score (nSPS) is 12.9. The first-order valence-corrected chi connectivity index (χ1v) is 26.3. The summed E-state index contributed by atoms with van der Waals surface area (Å²) in [4.78, 5) is 24.4. The lowest BCUT2D eigenvalue weighted by molar-refractivity contribution is -0.143. The number of allylic oxidation sites excluding steroid dienone is 5. The molecule has 0 bridgehead atoms. The lowest BCUT2D eigenvalue weighted by atomic mass is 10.0. The molecule has 0 heterocycles. The summed E-state index contributed by atoms with van der Waals surface area (Å²) in [5.41, 5.74) is 0. The number of amides is 1. The molecule has 60 heavy (non-hydrogen) atoms. The summed E-state index contributed by atoms with van der Waals surface area (Å²) >= 11 is 0. The van der Waals surface area contributed by atoms with Crippen molar-refractivity contribution in [2.45, 2.75) is 283 Å². The van der Waals surface area contributed by atoms with Gasteiger partial charge in [0.05, 0.1) is 25.4 Å². The number of aliphatic hydroxyl groups excluding tert-OH is 2. The molecule has 0 rings (SSSR count). The van der Waals surface area contributed by atoms with Crippen LogP contribution in [0.25, 0.3) is 0 Å². The molecule has 0 saturated carbocycles. The molecule has 6 heteroatoms. The second-order valence-electron chi connectivity index (χ2n) is 17.9. The summed E-state index contributed by atoms with van der Waals surface area (Å²) in [6.07, 6.45) is 60.2. The first-order valence-electron chi connectivity index (χ1n) is 26.3. The van der Waals surface area contributed by atoms with Crippen LogP contribution < -0.4 is 5.32 Å². The minimum atomic E-state index is -0.878. The SMILES string of the molecule is CCCCCCCCCCCC/C=C/C(O)C(CO)NC(=O)CC/C=C\C/C=C\CCCCCCCCOC(=O)CCCCCCCCCCCCCCCCCCCC. The van der Waals surface area contributed by atoms with E-state index < -0.39 is 12.1 Å². The van der Waals surface area contributed by atoms with Crippen molar-refractivity contribution in [1.82, 2.24) is 5.32 Å². The standard InChI is InChI=1S/C54H101NO5/c1-3-5-7-9-11-13-15-17-18-19-20-21-24-28-32-36-40-44-48-54(59)60-49-45-41-37-33-29-25-22-23-27-31-35-39-43-47-53(58)55-51(50-56)52(57)46-42-38-34-30-26-16-14-12-10-8-6-4-2/h23,27,35,39,42,46,51-52,56-57H,3-22,24-26,28-34,36-38,40-41,43-45,47-50H2,1-2H3,(H,55,58)/b27-23-,39-35-,46-42+. The zero-order valence-electron chi connectivity index (χ0n) is 39.9. The van der Waals surface area contributed by atoms with E-state index in [1.165, 1.54) is 186 Å². The Morgan fingerprint density at radius 1 is 0.467 bits per heavy atom. The quantitative estimate of drug-likeness (QED) is 0.0322. The third-order valence-electron chi connectivity index (χ3n) is 11.9. The van der Waals surface area contributed by atoms with Gasteiger partial charge < -0.3 is 20.3 Å². The molecule has 3 N–H and O–H groups in total. The van der Waals surface area contributed by atoms with Crippen molar-refractivity contribution < 1.29 is 24.5 Å². The van der Waals surface area contributed by atoms with Crippen molar-refractivity contribution in [3.63, 3.8) is 0 Å². The Morgan fingerprint density at radius 3 is 1.30 bits per heavy atom. The molecule has 0 aliphatic heterocycles. The van der Waals surface area contributed by atoms with E-state index in [9.17, 15) is 19.8 Å². The van der Waals surface area contributed by atoms with E-state index in [-0.39, 0.29) is 18.5 Å². The molecule has 0 saturated heterocycles. The number of aliphatic hydroxyl groups is 2. The molecule has 352 valence electrons. The van der Waals surface area contributed by atoms with Gasteiger partial charge in [0.15, 0.2) is 0 Å². The number of hydrogen-bond donors (Lipinski definition) is 3. The van der Waals surface area contributed by atoms with E-state index in [4.69, 9.17) is 4.74 Å². The zero-order valence-corrected chi connectivity index (χ0v) is 39.9.